The zero-order valence-electron chi connectivity index (χ0n) is 11.5. The summed E-state index contributed by atoms with van der Waals surface area (Å²) in [6.45, 7) is 1.46. The Morgan fingerprint density at radius 2 is 1.90 bits per heavy atom. The third kappa shape index (κ3) is 4.33. The number of amides is 1. The van der Waals surface area contributed by atoms with Crippen molar-refractivity contribution in [3.8, 4) is 5.75 Å². The van der Waals surface area contributed by atoms with Gasteiger partial charge in [0.1, 0.15) is 11.3 Å². The van der Waals surface area contributed by atoms with Gasteiger partial charge in [-0.25, -0.2) is 13.2 Å². The zero-order valence-corrected chi connectivity index (χ0v) is 13.1. The van der Waals surface area contributed by atoms with Crippen molar-refractivity contribution in [3.63, 3.8) is 0 Å². The lowest BCUT2D eigenvalue weighted by molar-refractivity contribution is -0.135. The van der Waals surface area contributed by atoms with Crippen molar-refractivity contribution < 1.29 is 27.9 Å². The third-order valence-electron chi connectivity index (χ3n) is 2.56. The van der Waals surface area contributed by atoms with Gasteiger partial charge in [-0.1, -0.05) is 0 Å². The third-order valence-corrected chi connectivity index (χ3v) is 3.91. The van der Waals surface area contributed by atoms with E-state index in [2.05, 4.69) is 0 Å². The zero-order chi connectivity index (χ0) is 16.4. The van der Waals surface area contributed by atoms with Crippen LogP contribution >= 0.6 is 10.7 Å². The van der Waals surface area contributed by atoms with Gasteiger partial charge in [0.05, 0.1) is 4.90 Å². The Bertz CT molecular complexity index is 670. The van der Waals surface area contributed by atoms with Crippen LogP contribution in [-0.2, 0) is 13.8 Å². The first-order chi connectivity index (χ1) is 9.54. The number of hydrogen-bond acceptors (Lipinski definition) is 5. The van der Waals surface area contributed by atoms with Crippen LogP contribution in [0.1, 0.15) is 17.3 Å². The van der Waals surface area contributed by atoms with Crippen LogP contribution < -0.4 is 4.74 Å². The smallest absolute Gasteiger partial charge is 0.339 e. The minimum absolute atomic E-state index is 0.116. The van der Waals surface area contributed by atoms with Crippen molar-refractivity contribution in [2.75, 3.05) is 14.1 Å². The molecule has 21 heavy (non-hydrogen) atoms. The van der Waals surface area contributed by atoms with Gasteiger partial charge in [0.2, 0.25) is 0 Å². The highest BCUT2D eigenvalue weighted by Gasteiger charge is 2.22. The first kappa shape index (κ1) is 17.3. The summed E-state index contributed by atoms with van der Waals surface area (Å²) in [6, 6.07) is 3.14. The molecule has 0 fully saturated rings. The van der Waals surface area contributed by atoms with Gasteiger partial charge < -0.3 is 14.7 Å². The van der Waals surface area contributed by atoms with Crippen molar-refractivity contribution in [1.29, 1.82) is 0 Å². The Morgan fingerprint density at radius 1 is 1.33 bits per heavy atom. The maximum absolute atomic E-state index is 11.7. The van der Waals surface area contributed by atoms with Crippen LogP contribution in [0.2, 0.25) is 0 Å². The molecular weight excluding hydrogens is 322 g/mol. The van der Waals surface area contributed by atoms with Crippen LogP contribution in [0.15, 0.2) is 23.1 Å². The summed E-state index contributed by atoms with van der Waals surface area (Å²) in [5.41, 5.74) is -0.393. The molecule has 1 unspecified atom stereocenters. The molecule has 0 aromatic heterocycles. The van der Waals surface area contributed by atoms with E-state index in [-0.39, 0.29) is 16.6 Å². The van der Waals surface area contributed by atoms with Crippen LogP contribution in [0.5, 0.6) is 5.75 Å². The largest absolute Gasteiger partial charge is 0.480 e. The van der Waals surface area contributed by atoms with E-state index in [0.717, 1.165) is 18.2 Å². The molecule has 0 radical (unpaired) electrons. The Balaban J connectivity index is 3.20. The molecule has 0 saturated heterocycles. The second kappa shape index (κ2) is 6.31. The van der Waals surface area contributed by atoms with E-state index in [9.17, 15) is 18.0 Å². The molecule has 9 heteroatoms. The summed E-state index contributed by atoms with van der Waals surface area (Å²) >= 11 is 0. The average molecular weight is 336 g/mol. The number of likely N-dealkylation sites (N-methyl/N-ethyl adjacent to an activating group) is 1. The number of halogens is 1. The van der Waals surface area contributed by atoms with E-state index in [0.29, 0.717) is 0 Å². The number of ether oxygens (including phenoxy) is 1. The first-order valence-electron chi connectivity index (χ1n) is 5.74. The highest BCUT2D eigenvalue weighted by molar-refractivity contribution is 8.13. The molecule has 1 aromatic rings. The quantitative estimate of drug-likeness (QED) is 0.810. The van der Waals surface area contributed by atoms with E-state index in [4.69, 9.17) is 20.5 Å². The molecule has 0 saturated carbocycles. The van der Waals surface area contributed by atoms with Crippen molar-refractivity contribution in [3.05, 3.63) is 23.8 Å². The predicted molar refractivity (Wildman–Crippen MR) is 75.2 cm³/mol. The molecule has 0 bridgehead atoms. The van der Waals surface area contributed by atoms with Gasteiger partial charge in [0.15, 0.2) is 6.10 Å². The van der Waals surface area contributed by atoms with Crippen molar-refractivity contribution in [2.24, 2.45) is 0 Å². The normalized spacial score (nSPS) is 12.6. The average Bonchev–Trinajstić information content (AvgIpc) is 2.36. The monoisotopic (exact) mass is 335 g/mol. The van der Waals surface area contributed by atoms with Gasteiger partial charge in [0, 0.05) is 24.8 Å². The lowest BCUT2D eigenvalue weighted by Crippen LogP contribution is -2.35. The standard InChI is InChI=1S/C12H14ClNO6S/c1-7(11(15)14(2)3)20-10-5-4-8(21(13,18)19)6-9(10)12(16)17/h4-7H,1-3H3,(H,16,17). The molecule has 0 aliphatic heterocycles. The van der Waals surface area contributed by atoms with Gasteiger partial charge in [-0.2, -0.15) is 0 Å². The highest BCUT2D eigenvalue weighted by Crippen LogP contribution is 2.25. The maximum atomic E-state index is 11.7. The van der Waals surface area contributed by atoms with Crippen LogP contribution in [0, 0.1) is 0 Å². The minimum atomic E-state index is -4.06. The van der Waals surface area contributed by atoms with E-state index < -0.39 is 26.7 Å². The molecule has 116 valence electrons. The minimum Gasteiger partial charge on any atom is -0.480 e. The Labute approximate surface area is 126 Å². The number of carbonyl (C=O) groups is 2. The fourth-order valence-corrected chi connectivity index (χ4v) is 2.31. The van der Waals surface area contributed by atoms with Gasteiger partial charge in [-0.15, -0.1) is 0 Å². The van der Waals surface area contributed by atoms with Gasteiger partial charge >= 0.3 is 5.97 Å². The molecule has 0 aliphatic carbocycles. The topological polar surface area (TPSA) is 101 Å². The van der Waals surface area contributed by atoms with E-state index in [1.165, 1.54) is 25.9 Å². The number of aromatic carboxylic acids is 1. The summed E-state index contributed by atoms with van der Waals surface area (Å²) in [7, 11) is 4.17. The van der Waals surface area contributed by atoms with Crippen LogP contribution in [0.3, 0.4) is 0 Å². The number of carboxylic acid groups (broad SMARTS) is 1. The number of carbonyl (C=O) groups excluding carboxylic acids is 1. The van der Waals surface area contributed by atoms with Gasteiger partial charge in [-0.05, 0) is 25.1 Å². The van der Waals surface area contributed by atoms with E-state index >= 15 is 0 Å². The van der Waals surface area contributed by atoms with Crippen molar-refractivity contribution in [2.45, 2.75) is 17.9 Å². The van der Waals surface area contributed by atoms with Crippen molar-refractivity contribution in [1.82, 2.24) is 4.90 Å². The first-order valence-corrected chi connectivity index (χ1v) is 8.04. The highest BCUT2D eigenvalue weighted by atomic mass is 35.7. The second-order valence-corrected chi connectivity index (χ2v) is 6.96. The summed E-state index contributed by atoms with van der Waals surface area (Å²) in [4.78, 5) is 23.8. The number of rotatable bonds is 5. The van der Waals surface area contributed by atoms with Crippen LogP contribution in [0.4, 0.5) is 0 Å². The van der Waals surface area contributed by atoms with Gasteiger partial charge in [0.25, 0.3) is 15.0 Å². The molecule has 1 amide bonds. The number of carboxylic acids is 1. The molecule has 0 heterocycles. The molecule has 1 atom stereocenters. The Morgan fingerprint density at radius 3 is 2.33 bits per heavy atom. The summed E-state index contributed by atoms with van der Waals surface area (Å²) in [5, 5.41) is 9.10. The van der Waals surface area contributed by atoms with Crippen LogP contribution in [-0.4, -0.2) is 50.5 Å². The van der Waals surface area contributed by atoms with Crippen molar-refractivity contribution >= 4 is 31.6 Å². The number of benzene rings is 1. The van der Waals surface area contributed by atoms with Crippen LogP contribution in [0.25, 0.3) is 0 Å². The van der Waals surface area contributed by atoms with E-state index in [1.807, 2.05) is 0 Å². The molecule has 1 aromatic carbocycles. The second-order valence-electron chi connectivity index (χ2n) is 4.39. The predicted octanol–water partition coefficient (Wildman–Crippen LogP) is 1.17. The lowest BCUT2D eigenvalue weighted by Gasteiger charge is -2.19. The molecule has 7 nitrogen and oxygen atoms in total. The molecule has 0 aliphatic rings. The Hall–Kier alpha value is -1.80. The number of hydrogen-bond donors (Lipinski definition) is 1. The van der Waals surface area contributed by atoms with E-state index in [1.54, 1.807) is 0 Å². The fourth-order valence-electron chi connectivity index (χ4n) is 1.54. The SMILES string of the molecule is CC(Oc1ccc(S(=O)(=O)Cl)cc1C(=O)O)C(=O)N(C)C. The molecule has 1 rings (SSSR count). The molecule has 1 N–H and O–H groups in total. The Kier molecular flexibility index (Phi) is 5.19. The fraction of sp³-hybridized carbons (Fsp3) is 0.333. The summed E-state index contributed by atoms with van der Waals surface area (Å²) in [6.07, 6.45) is -0.920. The van der Waals surface area contributed by atoms with Gasteiger partial charge in [-0.3, -0.25) is 4.79 Å². The number of nitrogens with zero attached hydrogens (tertiary/aromatic N) is 1. The summed E-state index contributed by atoms with van der Waals surface area (Å²) < 4.78 is 27.7. The molecule has 0 spiro atoms. The summed E-state index contributed by atoms with van der Waals surface area (Å²) in [5.74, 6) is -1.87. The maximum Gasteiger partial charge on any atom is 0.339 e. The molecular formula is C12H14ClNO6S. The lowest BCUT2D eigenvalue weighted by atomic mass is 10.2.